The molecular weight excluding hydrogens is 430 g/mol. The maximum Gasteiger partial charge on any atom is 0.201 e. The average molecular weight is 452 g/mol. The van der Waals surface area contributed by atoms with Gasteiger partial charge in [0.2, 0.25) is 5.82 Å². The summed E-state index contributed by atoms with van der Waals surface area (Å²) in [5.41, 5.74) is 6.68. The molecule has 0 amide bonds. The number of nitrogens with two attached hydrogens (primary N) is 1. The van der Waals surface area contributed by atoms with Crippen molar-refractivity contribution in [2.45, 2.75) is 24.9 Å². The van der Waals surface area contributed by atoms with Crippen LogP contribution in [0.15, 0.2) is 54.9 Å². The molecule has 4 aromatic rings. The van der Waals surface area contributed by atoms with Crippen LogP contribution >= 0.6 is 0 Å². The standard InChI is InChI=1S/C24H22F2N4O3/c25-19-17(8-9-18(20(19)26)33-15-4-2-1-3-5-15)21-22-23(27)28-10-11-30(22)24(29-21)14-6-7-16(12-31)32-13-14/h1-5,8-11,14,16,31H,6-7,12-13H2,(H2,27,28)/t14-,16-/m1/s1. The Morgan fingerprint density at radius 1 is 1.12 bits per heavy atom. The van der Waals surface area contributed by atoms with Crippen molar-refractivity contribution < 1.29 is 23.4 Å². The molecule has 3 N–H and O–H groups in total. The average Bonchev–Trinajstić information content (AvgIpc) is 3.24. The maximum absolute atomic E-state index is 15.2. The summed E-state index contributed by atoms with van der Waals surface area (Å²) in [6.07, 6.45) is 4.41. The van der Waals surface area contributed by atoms with Crippen molar-refractivity contribution in [3.8, 4) is 22.8 Å². The largest absolute Gasteiger partial charge is 0.454 e. The van der Waals surface area contributed by atoms with E-state index in [0.717, 1.165) is 6.42 Å². The van der Waals surface area contributed by atoms with Crippen LogP contribution in [0.2, 0.25) is 0 Å². The fraction of sp³-hybridized carbons (Fsp3) is 0.250. The Kier molecular flexibility index (Phi) is 5.65. The Morgan fingerprint density at radius 3 is 2.67 bits per heavy atom. The van der Waals surface area contributed by atoms with Crippen molar-refractivity contribution >= 4 is 11.3 Å². The summed E-state index contributed by atoms with van der Waals surface area (Å²) >= 11 is 0. The monoisotopic (exact) mass is 452 g/mol. The molecule has 2 aromatic carbocycles. The molecule has 3 heterocycles. The number of nitrogens with zero attached hydrogens (tertiary/aromatic N) is 3. The number of aliphatic hydroxyl groups is 1. The minimum absolute atomic E-state index is 0.0404. The second kappa shape index (κ2) is 8.76. The van der Waals surface area contributed by atoms with Gasteiger partial charge in [0.05, 0.1) is 19.3 Å². The zero-order valence-electron chi connectivity index (χ0n) is 17.6. The highest BCUT2D eigenvalue weighted by Crippen LogP contribution is 2.37. The van der Waals surface area contributed by atoms with Crippen LogP contribution in [0.3, 0.4) is 0 Å². The zero-order chi connectivity index (χ0) is 22.9. The van der Waals surface area contributed by atoms with Gasteiger partial charge in [-0.1, -0.05) is 18.2 Å². The van der Waals surface area contributed by atoms with E-state index in [0.29, 0.717) is 30.1 Å². The van der Waals surface area contributed by atoms with E-state index in [2.05, 4.69) is 9.97 Å². The third-order valence-electron chi connectivity index (χ3n) is 5.82. The van der Waals surface area contributed by atoms with E-state index in [1.807, 2.05) is 0 Å². The van der Waals surface area contributed by atoms with E-state index >= 15 is 4.39 Å². The normalized spacial score (nSPS) is 18.5. The van der Waals surface area contributed by atoms with E-state index in [1.54, 1.807) is 40.9 Å². The number of para-hydroxylation sites is 1. The van der Waals surface area contributed by atoms with Crippen molar-refractivity contribution in [2.24, 2.45) is 0 Å². The summed E-state index contributed by atoms with van der Waals surface area (Å²) < 4.78 is 43.1. The van der Waals surface area contributed by atoms with E-state index < -0.39 is 11.6 Å². The molecule has 0 aliphatic carbocycles. The van der Waals surface area contributed by atoms with Crippen molar-refractivity contribution in [1.82, 2.24) is 14.4 Å². The van der Waals surface area contributed by atoms with Crippen molar-refractivity contribution in [1.29, 1.82) is 0 Å². The number of imidazole rings is 1. The second-order valence-electron chi connectivity index (χ2n) is 7.92. The van der Waals surface area contributed by atoms with Crippen LogP contribution in [0.4, 0.5) is 14.6 Å². The van der Waals surface area contributed by atoms with Crippen LogP contribution < -0.4 is 10.5 Å². The fourth-order valence-electron chi connectivity index (χ4n) is 4.13. The van der Waals surface area contributed by atoms with Crippen LogP contribution in [0.1, 0.15) is 24.6 Å². The number of halogens is 2. The van der Waals surface area contributed by atoms with Crippen LogP contribution in [-0.2, 0) is 4.74 Å². The number of anilines is 1. The van der Waals surface area contributed by atoms with Crippen LogP contribution in [-0.4, -0.2) is 38.8 Å². The SMILES string of the molecule is Nc1nccn2c([C@@H]3CC[C@H](CO)OC3)nc(-c3ccc(Oc4ccccc4)c(F)c3F)c12. The maximum atomic E-state index is 15.2. The molecule has 7 nitrogen and oxygen atoms in total. The van der Waals surface area contributed by atoms with Gasteiger partial charge in [0, 0.05) is 23.9 Å². The van der Waals surface area contributed by atoms with E-state index in [4.69, 9.17) is 15.2 Å². The molecule has 1 aliphatic heterocycles. The first-order valence-electron chi connectivity index (χ1n) is 10.6. The molecular formula is C24H22F2N4O3. The molecule has 0 spiro atoms. The number of hydrogen-bond acceptors (Lipinski definition) is 6. The van der Waals surface area contributed by atoms with Crippen LogP contribution in [0.25, 0.3) is 16.8 Å². The van der Waals surface area contributed by atoms with Gasteiger partial charge >= 0.3 is 0 Å². The highest BCUT2D eigenvalue weighted by molar-refractivity contribution is 5.85. The predicted octanol–water partition coefficient (Wildman–Crippen LogP) is 4.30. The van der Waals surface area contributed by atoms with Gasteiger partial charge in [-0.3, -0.25) is 4.40 Å². The summed E-state index contributed by atoms with van der Waals surface area (Å²) in [6.45, 7) is 0.311. The van der Waals surface area contributed by atoms with E-state index in [1.165, 1.54) is 18.3 Å². The van der Waals surface area contributed by atoms with Crippen LogP contribution in [0, 0.1) is 11.6 Å². The Hall–Kier alpha value is -3.56. The number of aromatic nitrogens is 3. The number of nitrogen functional groups attached to an aromatic ring is 1. The van der Waals surface area contributed by atoms with Crippen molar-refractivity contribution in [2.75, 3.05) is 18.9 Å². The number of hydrogen-bond donors (Lipinski definition) is 2. The molecule has 1 fully saturated rings. The van der Waals surface area contributed by atoms with Gasteiger partial charge in [0.25, 0.3) is 0 Å². The summed E-state index contributed by atoms with van der Waals surface area (Å²) in [5.74, 6) is -1.36. The molecule has 170 valence electrons. The molecule has 0 unspecified atom stereocenters. The summed E-state index contributed by atoms with van der Waals surface area (Å²) in [7, 11) is 0. The highest BCUT2D eigenvalue weighted by Gasteiger charge is 2.29. The molecule has 1 saturated heterocycles. The van der Waals surface area contributed by atoms with Gasteiger partial charge in [-0.2, -0.15) is 4.39 Å². The molecule has 5 rings (SSSR count). The molecule has 0 bridgehead atoms. The molecule has 1 aliphatic rings. The predicted molar refractivity (Wildman–Crippen MR) is 118 cm³/mol. The quantitative estimate of drug-likeness (QED) is 0.469. The number of rotatable bonds is 5. The minimum atomic E-state index is -1.12. The third kappa shape index (κ3) is 3.90. The molecule has 0 saturated carbocycles. The lowest BCUT2D eigenvalue weighted by Crippen LogP contribution is -2.28. The lowest BCUT2D eigenvalue weighted by molar-refractivity contribution is -0.0282. The molecule has 33 heavy (non-hydrogen) atoms. The highest BCUT2D eigenvalue weighted by atomic mass is 19.2. The number of benzene rings is 2. The lowest BCUT2D eigenvalue weighted by Gasteiger charge is -2.27. The van der Waals surface area contributed by atoms with E-state index in [-0.39, 0.29) is 41.5 Å². The summed E-state index contributed by atoms with van der Waals surface area (Å²) in [4.78, 5) is 8.78. The van der Waals surface area contributed by atoms with Crippen molar-refractivity contribution in [3.63, 3.8) is 0 Å². The first-order valence-corrected chi connectivity index (χ1v) is 10.6. The van der Waals surface area contributed by atoms with Gasteiger partial charge in [-0.25, -0.2) is 14.4 Å². The second-order valence-corrected chi connectivity index (χ2v) is 7.92. The Morgan fingerprint density at radius 2 is 1.94 bits per heavy atom. The first-order chi connectivity index (χ1) is 16.1. The van der Waals surface area contributed by atoms with Gasteiger partial charge in [0.15, 0.2) is 11.6 Å². The Labute approximate surface area is 188 Å². The molecule has 0 radical (unpaired) electrons. The molecule has 2 aromatic heterocycles. The van der Waals surface area contributed by atoms with Crippen molar-refractivity contribution in [3.05, 3.63) is 72.3 Å². The van der Waals surface area contributed by atoms with Crippen LogP contribution in [0.5, 0.6) is 11.5 Å². The van der Waals surface area contributed by atoms with Gasteiger partial charge in [-0.05, 0) is 37.1 Å². The Balaban J connectivity index is 1.57. The fourth-order valence-corrected chi connectivity index (χ4v) is 4.13. The summed E-state index contributed by atoms with van der Waals surface area (Å²) in [5, 5.41) is 9.32. The van der Waals surface area contributed by atoms with Gasteiger partial charge in [-0.15, -0.1) is 0 Å². The van der Waals surface area contributed by atoms with E-state index in [9.17, 15) is 9.50 Å². The number of aliphatic hydroxyl groups excluding tert-OH is 1. The lowest BCUT2D eigenvalue weighted by atomic mass is 9.98. The Bertz CT molecular complexity index is 1290. The summed E-state index contributed by atoms with van der Waals surface area (Å²) in [6, 6.07) is 11.4. The molecule has 9 heteroatoms. The number of fused-ring (bicyclic) bond motifs is 1. The smallest absolute Gasteiger partial charge is 0.201 e. The third-order valence-corrected chi connectivity index (χ3v) is 5.82. The van der Waals surface area contributed by atoms with Gasteiger partial charge < -0.3 is 20.3 Å². The first kappa shape index (κ1) is 21.3. The molecule has 2 atom stereocenters. The van der Waals surface area contributed by atoms with Gasteiger partial charge in [0.1, 0.15) is 28.6 Å². The topological polar surface area (TPSA) is 94.9 Å². The minimum Gasteiger partial charge on any atom is -0.454 e. The number of ether oxygens (including phenoxy) is 2. The zero-order valence-corrected chi connectivity index (χ0v) is 17.6.